The van der Waals surface area contributed by atoms with Crippen LogP contribution < -0.4 is 0 Å². The molecule has 1 saturated heterocycles. The van der Waals surface area contributed by atoms with Crippen LogP contribution in [0.25, 0.3) is 0 Å². The number of rotatable bonds is 2. The highest BCUT2D eigenvalue weighted by Crippen LogP contribution is 2.26. The largest absolute Gasteiger partial charge is 0.480 e. The number of carboxylic acid groups (broad SMARTS) is 1. The minimum Gasteiger partial charge on any atom is -0.480 e. The van der Waals surface area contributed by atoms with E-state index >= 15 is 0 Å². The zero-order valence-electron chi connectivity index (χ0n) is 11.0. The van der Waals surface area contributed by atoms with Crippen LogP contribution in [0, 0.1) is 11.7 Å². The number of halogens is 2. The summed E-state index contributed by atoms with van der Waals surface area (Å²) < 4.78 is 13.1. The van der Waals surface area contributed by atoms with Crippen LogP contribution in [0.5, 0.6) is 0 Å². The lowest BCUT2D eigenvalue weighted by Crippen LogP contribution is -2.51. The Morgan fingerprint density at radius 3 is 2.75 bits per heavy atom. The van der Waals surface area contributed by atoms with Gasteiger partial charge in [0.2, 0.25) is 0 Å². The predicted octanol–water partition coefficient (Wildman–Crippen LogP) is 2.80. The summed E-state index contributed by atoms with van der Waals surface area (Å²) in [6.07, 6.45) is 1.52. The second-order valence-electron chi connectivity index (χ2n) is 5.03. The fraction of sp³-hybridized carbons (Fsp3) is 0.429. The Labute approximate surface area is 121 Å². The van der Waals surface area contributed by atoms with E-state index in [0.717, 1.165) is 18.9 Å². The van der Waals surface area contributed by atoms with Crippen LogP contribution in [0.2, 0.25) is 5.02 Å². The first kappa shape index (κ1) is 14.8. The van der Waals surface area contributed by atoms with Crippen molar-refractivity contribution in [1.82, 2.24) is 4.90 Å². The highest BCUT2D eigenvalue weighted by molar-refractivity contribution is 6.31. The van der Waals surface area contributed by atoms with Crippen LogP contribution in [-0.4, -0.2) is 34.5 Å². The van der Waals surface area contributed by atoms with E-state index in [1.165, 1.54) is 17.0 Å². The Kier molecular flexibility index (Phi) is 4.28. The van der Waals surface area contributed by atoms with Gasteiger partial charge in [-0.25, -0.2) is 9.18 Å². The van der Waals surface area contributed by atoms with Gasteiger partial charge < -0.3 is 10.0 Å². The normalized spacial score (nSPS) is 22.6. The SMILES string of the molecule is CC1CCCN(C(=O)c2ccc(F)c(Cl)c2)C1C(=O)O. The van der Waals surface area contributed by atoms with Gasteiger partial charge in [0.1, 0.15) is 11.9 Å². The van der Waals surface area contributed by atoms with Gasteiger partial charge in [0.05, 0.1) is 5.02 Å². The molecule has 108 valence electrons. The fourth-order valence-corrected chi connectivity index (χ4v) is 2.77. The highest BCUT2D eigenvalue weighted by atomic mass is 35.5. The molecule has 0 bridgehead atoms. The van der Waals surface area contributed by atoms with Crippen molar-refractivity contribution in [3.05, 3.63) is 34.6 Å². The van der Waals surface area contributed by atoms with Gasteiger partial charge in [-0.1, -0.05) is 18.5 Å². The van der Waals surface area contributed by atoms with Gasteiger partial charge in [-0.15, -0.1) is 0 Å². The first-order chi connectivity index (χ1) is 9.41. The molecule has 0 aliphatic carbocycles. The molecule has 20 heavy (non-hydrogen) atoms. The molecule has 1 amide bonds. The Balaban J connectivity index is 2.30. The Bertz CT molecular complexity index is 549. The number of hydrogen-bond acceptors (Lipinski definition) is 2. The minimum absolute atomic E-state index is 0.110. The average Bonchev–Trinajstić information content (AvgIpc) is 2.40. The van der Waals surface area contributed by atoms with Crippen molar-refractivity contribution in [3.63, 3.8) is 0 Å². The van der Waals surface area contributed by atoms with E-state index in [1.807, 2.05) is 6.92 Å². The molecule has 4 nitrogen and oxygen atoms in total. The summed E-state index contributed by atoms with van der Waals surface area (Å²) in [5.41, 5.74) is 0.205. The molecule has 2 atom stereocenters. The number of nitrogens with zero attached hydrogens (tertiary/aromatic N) is 1. The molecule has 1 aliphatic rings. The molecule has 0 saturated carbocycles. The molecular formula is C14H15ClFNO3. The maximum atomic E-state index is 13.1. The lowest BCUT2D eigenvalue weighted by molar-refractivity contribution is -0.145. The van der Waals surface area contributed by atoms with Crippen LogP contribution in [0.3, 0.4) is 0 Å². The van der Waals surface area contributed by atoms with Crippen molar-refractivity contribution >= 4 is 23.5 Å². The summed E-state index contributed by atoms with van der Waals surface area (Å²) in [4.78, 5) is 25.1. The number of benzene rings is 1. The molecule has 0 radical (unpaired) electrons. The van der Waals surface area contributed by atoms with E-state index in [-0.39, 0.29) is 16.5 Å². The van der Waals surface area contributed by atoms with Crippen molar-refractivity contribution in [2.45, 2.75) is 25.8 Å². The van der Waals surface area contributed by atoms with Crippen LogP contribution in [0.4, 0.5) is 4.39 Å². The molecular weight excluding hydrogens is 285 g/mol. The smallest absolute Gasteiger partial charge is 0.326 e. The number of amides is 1. The highest BCUT2D eigenvalue weighted by Gasteiger charge is 2.37. The molecule has 1 fully saturated rings. The lowest BCUT2D eigenvalue weighted by Gasteiger charge is -2.37. The number of aliphatic carboxylic acids is 1. The minimum atomic E-state index is -1.02. The molecule has 1 aromatic rings. The molecule has 1 heterocycles. The maximum absolute atomic E-state index is 13.1. The van der Waals surface area contributed by atoms with Gasteiger partial charge in [0, 0.05) is 12.1 Å². The van der Waals surface area contributed by atoms with Crippen molar-refractivity contribution < 1.29 is 19.1 Å². The maximum Gasteiger partial charge on any atom is 0.326 e. The summed E-state index contributed by atoms with van der Waals surface area (Å²) >= 11 is 5.66. The van der Waals surface area contributed by atoms with Crippen LogP contribution in [0.1, 0.15) is 30.1 Å². The molecule has 2 rings (SSSR count). The zero-order valence-corrected chi connectivity index (χ0v) is 11.7. The Morgan fingerprint density at radius 2 is 2.15 bits per heavy atom. The predicted molar refractivity (Wildman–Crippen MR) is 72.3 cm³/mol. The number of carboxylic acids is 1. The molecule has 1 aliphatic heterocycles. The quantitative estimate of drug-likeness (QED) is 0.913. The summed E-state index contributed by atoms with van der Waals surface area (Å²) in [6, 6.07) is 2.82. The van der Waals surface area contributed by atoms with E-state index in [4.69, 9.17) is 11.6 Å². The van der Waals surface area contributed by atoms with E-state index < -0.39 is 23.7 Å². The third-order valence-corrected chi connectivity index (χ3v) is 3.90. The first-order valence-corrected chi connectivity index (χ1v) is 6.78. The van der Waals surface area contributed by atoms with Gasteiger partial charge in [-0.3, -0.25) is 4.79 Å². The molecule has 0 aromatic heterocycles. The number of hydrogen-bond donors (Lipinski definition) is 1. The average molecular weight is 300 g/mol. The second-order valence-corrected chi connectivity index (χ2v) is 5.44. The van der Waals surface area contributed by atoms with Crippen LogP contribution in [-0.2, 0) is 4.79 Å². The summed E-state index contributed by atoms with van der Waals surface area (Å²) in [6.45, 7) is 2.20. The molecule has 1 N–H and O–H groups in total. The van der Waals surface area contributed by atoms with Gasteiger partial charge >= 0.3 is 5.97 Å². The van der Waals surface area contributed by atoms with Crippen molar-refractivity contribution in [1.29, 1.82) is 0 Å². The van der Waals surface area contributed by atoms with Crippen LogP contribution >= 0.6 is 11.6 Å². The number of carbonyl (C=O) groups excluding carboxylic acids is 1. The van der Waals surface area contributed by atoms with Gasteiger partial charge in [0.25, 0.3) is 5.91 Å². The summed E-state index contributed by atoms with van der Waals surface area (Å²) in [7, 11) is 0. The van der Waals surface area contributed by atoms with Gasteiger partial charge in [-0.2, -0.15) is 0 Å². The number of carbonyl (C=O) groups is 2. The standard InChI is InChI=1S/C14H15ClFNO3/c1-8-3-2-6-17(12(8)14(19)20)13(18)9-4-5-11(16)10(15)7-9/h4-5,7-8,12H,2-3,6H2,1H3,(H,19,20). The number of likely N-dealkylation sites (tertiary alicyclic amines) is 1. The van der Waals surface area contributed by atoms with Gasteiger partial charge in [0.15, 0.2) is 0 Å². The third-order valence-electron chi connectivity index (χ3n) is 3.61. The van der Waals surface area contributed by atoms with E-state index in [0.29, 0.717) is 6.54 Å². The van der Waals surface area contributed by atoms with E-state index in [9.17, 15) is 19.1 Å². The molecule has 0 spiro atoms. The summed E-state index contributed by atoms with van der Waals surface area (Å²) in [5.74, 6) is -2.16. The van der Waals surface area contributed by atoms with Crippen molar-refractivity contribution in [2.75, 3.05) is 6.54 Å². The lowest BCUT2D eigenvalue weighted by atomic mass is 9.90. The van der Waals surface area contributed by atoms with Crippen LogP contribution in [0.15, 0.2) is 18.2 Å². The molecule has 1 aromatic carbocycles. The third kappa shape index (κ3) is 2.77. The monoisotopic (exact) mass is 299 g/mol. The summed E-state index contributed by atoms with van der Waals surface area (Å²) in [5, 5.41) is 9.15. The molecule has 2 unspecified atom stereocenters. The van der Waals surface area contributed by atoms with E-state index in [1.54, 1.807) is 0 Å². The van der Waals surface area contributed by atoms with E-state index in [2.05, 4.69) is 0 Å². The van der Waals surface area contributed by atoms with Gasteiger partial charge in [-0.05, 0) is 37.0 Å². The fourth-order valence-electron chi connectivity index (χ4n) is 2.59. The zero-order chi connectivity index (χ0) is 14.9. The Hall–Kier alpha value is -1.62. The Morgan fingerprint density at radius 1 is 1.45 bits per heavy atom. The van der Waals surface area contributed by atoms with Crippen molar-refractivity contribution in [2.24, 2.45) is 5.92 Å². The second kappa shape index (κ2) is 5.79. The first-order valence-electron chi connectivity index (χ1n) is 6.40. The molecule has 6 heteroatoms. The van der Waals surface area contributed by atoms with Crippen molar-refractivity contribution in [3.8, 4) is 0 Å². The number of piperidine rings is 1. The topological polar surface area (TPSA) is 57.6 Å².